The molecule has 0 aromatic heterocycles. The molecule has 2 saturated carbocycles. The van der Waals surface area contributed by atoms with Gasteiger partial charge in [-0.25, -0.2) is 8.42 Å². The van der Waals surface area contributed by atoms with Gasteiger partial charge >= 0.3 is 0 Å². The lowest BCUT2D eigenvalue weighted by Gasteiger charge is -2.49. The molecule has 4 fully saturated rings. The van der Waals surface area contributed by atoms with Crippen molar-refractivity contribution in [1.82, 2.24) is 4.31 Å². The van der Waals surface area contributed by atoms with E-state index in [1.165, 1.54) is 30.4 Å². The molecule has 4 aliphatic carbocycles. The van der Waals surface area contributed by atoms with Gasteiger partial charge in [-0.2, -0.15) is 4.31 Å². The Morgan fingerprint density at radius 3 is 2.48 bits per heavy atom. The fourth-order valence-electron chi connectivity index (χ4n) is 11.2. The van der Waals surface area contributed by atoms with E-state index in [0.29, 0.717) is 41.9 Å². The number of allylic oxidation sites excluding steroid dienone is 2. The second-order valence-electron chi connectivity index (χ2n) is 15.9. The van der Waals surface area contributed by atoms with Gasteiger partial charge in [-0.3, -0.25) is 0 Å². The Morgan fingerprint density at radius 1 is 0.978 bits per heavy atom. The molecule has 2 aromatic carbocycles. The number of benzene rings is 2. The van der Waals surface area contributed by atoms with Crippen molar-refractivity contribution in [3.8, 4) is 0 Å². The van der Waals surface area contributed by atoms with Crippen molar-refractivity contribution in [3.63, 3.8) is 0 Å². The molecule has 0 amide bonds. The van der Waals surface area contributed by atoms with Gasteiger partial charge in [-0.05, 0) is 111 Å². The third-order valence-electron chi connectivity index (χ3n) is 13.6. The van der Waals surface area contributed by atoms with Crippen LogP contribution in [0.4, 0.5) is 0 Å². The van der Waals surface area contributed by atoms with Gasteiger partial charge in [0.05, 0.1) is 35.4 Å². The highest BCUT2D eigenvalue weighted by Gasteiger charge is 2.63. The van der Waals surface area contributed by atoms with Crippen molar-refractivity contribution in [1.29, 1.82) is 0 Å². The van der Waals surface area contributed by atoms with E-state index in [1.54, 1.807) is 23.3 Å². The van der Waals surface area contributed by atoms with E-state index in [4.69, 9.17) is 9.47 Å². The zero-order chi connectivity index (χ0) is 31.8. The molecule has 8 rings (SSSR count). The Balaban J connectivity index is 1.04. The summed E-state index contributed by atoms with van der Waals surface area (Å²) in [5.41, 5.74) is 5.84. The Kier molecular flexibility index (Phi) is 7.71. The van der Waals surface area contributed by atoms with Crippen LogP contribution >= 0.6 is 0 Å². The molecule has 0 bridgehead atoms. The minimum Gasteiger partial charge on any atom is -0.373 e. The second kappa shape index (κ2) is 11.4. The molecular weight excluding hydrogens is 591 g/mol. The van der Waals surface area contributed by atoms with Crippen molar-refractivity contribution in [2.45, 2.75) is 114 Å². The average Bonchev–Trinajstić information content (AvgIpc) is 3.59. The quantitative estimate of drug-likeness (QED) is 0.308. The van der Waals surface area contributed by atoms with E-state index in [-0.39, 0.29) is 35.0 Å². The van der Waals surface area contributed by atoms with E-state index >= 15 is 0 Å². The zero-order valence-electron chi connectivity index (χ0n) is 28.0. The number of ether oxygens (including phenoxy) is 2. The molecule has 10 atom stereocenters. The van der Waals surface area contributed by atoms with E-state index in [2.05, 4.69) is 64.1 Å². The first-order chi connectivity index (χ1) is 22.1. The fourth-order valence-corrected chi connectivity index (χ4v) is 13.0. The van der Waals surface area contributed by atoms with Crippen molar-refractivity contribution in [2.75, 3.05) is 6.54 Å². The second-order valence-corrected chi connectivity index (χ2v) is 17.8. The van der Waals surface area contributed by atoms with Crippen molar-refractivity contribution >= 4 is 10.0 Å². The first-order valence-corrected chi connectivity index (χ1v) is 19.4. The lowest BCUT2D eigenvalue weighted by molar-refractivity contribution is -0.0592. The molecule has 2 aliphatic heterocycles. The third-order valence-corrected chi connectivity index (χ3v) is 15.5. The smallest absolute Gasteiger partial charge is 0.243 e. The van der Waals surface area contributed by atoms with Crippen LogP contribution in [0.2, 0.25) is 0 Å². The summed E-state index contributed by atoms with van der Waals surface area (Å²) < 4.78 is 43.7. The molecule has 0 unspecified atom stereocenters. The molecule has 5 nitrogen and oxygen atoms in total. The van der Waals surface area contributed by atoms with Crippen LogP contribution in [0.1, 0.15) is 84.6 Å². The maximum Gasteiger partial charge on any atom is 0.243 e. The summed E-state index contributed by atoms with van der Waals surface area (Å²) in [7, 11) is -3.62. The van der Waals surface area contributed by atoms with Crippen LogP contribution in [-0.2, 0) is 26.1 Å². The van der Waals surface area contributed by atoms with Crippen molar-refractivity contribution in [2.24, 2.45) is 35.0 Å². The number of piperidine rings is 1. The van der Waals surface area contributed by atoms with Crippen LogP contribution < -0.4 is 0 Å². The minimum atomic E-state index is -3.62. The average molecular weight is 642 g/mol. The summed E-state index contributed by atoms with van der Waals surface area (Å²) in [5.74, 6) is 2.37. The molecule has 2 saturated heterocycles. The lowest BCUT2D eigenvalue weighted by atomic mass is 9.56. The number of fused-ring (bicyclic) bond motifs is 6. The molecule has 2 aromatic rings. The Morgan fingerprint density at radius 2 is 1.72 bits per heavy atom. The van der Waals surface area contributed by atoms with E-state index in [9.17, 15) is 8.42 Å². The van der Waals surface area contributed by atoms with Gasteiger partial charge in [0.15, 0.2) is 0 Å². The van der Waals surface area contributed by atoms with E-state index < -0.39 is 10.0 Å². The minimum absolute atomic E-state index is 0.0648. The molecule has 6 aliphatic rings. The normalized spacial score (nSPS) is 40.7. The largest absolute Gasteiger partial charge is 0.373 e. The summed E-state index contributed by atoms with van der Waals surface area (Å²) in [4.78, 5) is 0.395. The summed E-state index contributed by atoms with van der Waals surface area (Å²) in [6.07, 6.45) is 11.7. The Hall–Kier alpha value is -2.25. The van der Waals surface area contributed by atoms with Gasteiger partial charge in [-0.1, -0.05) is 86.5 Å². The molecule has 2 heterocycles. The molecule has 246 valence electrons. The van der Waals surface area contributed by atoms with Crippen LogP contribution in [0.15, 0.2) is 88.4 Å². The van der Waals surface area contributed by atoms with E-state index in [1.807, 2.05) is 22.5 Å². The van der Waals surface area contributed by atoms with E-state index in [0.717, 1.165) is 32.1 Å². The Labute approximate surface area is 276 Å². The molecule has 6 heteroatoms. The summed E-state index contributed by atoms with van der Waals surface area (Å²) in [6.45, 7) is 10.6. The number of hydrogen-bond acceptors (Lipinski definition) is 4. The number of nitrogens with zero attached hydrogens (tertiary/aromatic N) is 1. The highest BCUT2D eigenvalue weighted by molar-refractivity contribution is 7.89. The summed E-state index contributed by atoms with van der Waals surface area (Å²) in [5, 5.41) is 0. The first kappa shape index (κ1) is 31.0. The molecule has 0 N–H and O–H groups in total. The third kappa shape index (κ3) is 4.75. The lowest BCUT2D eigenvalue weighted by Crippen LogP contribution is -2.54. The summed E-state index contributed by atoms with van der Waals surface area (Å²) >= 11 is 0. The SMILES string of the molecule is CC1=C2C[C@H]3[C@@H](CC=C4C[C@@H](OCc5ccccc5)CC[C@@]43C)[C@@H]2CC[C@]12O[C@@H]1C[C@H](C)CN(S(=O)(=O)c3ccccc3)[C@H]1[C@H]2C. The fraction of sp³-hybridized carbons (Fsp3) is 0.600. The molecular formula is C40H51NO4S. The van der Waals surface area contributed by atoms with Crippen LogP contribution in [0.3, 0.4) is 0 Å². The van der Waals surface area contributed by atoms with Crippen molar-refractivity contribution in [3.05, 3.63) is 89.0 Å². The van der Waals surface area contributed by atoms with Crippen LogP contribution in [-0.4, -0.2) is 43.1 Å². The standard InChI is InChI=1S/C40H51NO4S/c1-26-21-37-38(41(24-26)46(42,43)32-13-9-6-10-14-32)28(3)40(45-37)20-18-33-34-16-15-30-22-31(44-25-29-11-7-5-8-12-29)17-19-39(30,4)36(34)23-35(33)27(40)2/h5-15,26,28,31,33-34,36-38H,16-25H2,1-4H3/t26-,28+,31-,33-,34-,36-,37+,38-,39-,40-/m0/s1. The molecule has 1 spiro atoms. The predicted octanol–water partition coefficient (Wildman–Crippen LogP) is 8.33. The Bertz CT molecular complexity index is 1640. The van der Waals surface area contributed by atoms with Gasteiger partial charge in [0.25, 0.3) is 0 Å². The predicted molar refractivity (Wildman–Crippen MR) is 181 cm³/mol. The zero-order valence-corrected chi connectivity index (χ0v) is 28.8. The number of sulfonamides is 1. The summed E-state index contributed by atoms with van der Waals surface area (Å²) in [6, 6.07) is 19.5. The van der Waals surface area contributed by atoms with Crippen molar-refractivity contribution < 1.29 is 17.9 Å². The van der Waals surface area contributed by atoms with Crippen LogP contribution in [0, 0.1) is 35.0 Å². The van der Waals surface area contributed by atoms with Gasteiger partial charge in [-0.15, -0.1) is 0 Å². The first-order valence-electron chi connectivity index (χ1n) is 17.9. The van der Waals surface area contributed by atoms with Crippen LogP contribution in [0.25, 0.3) is 0 Å². The van der Waals surface area contributed by atoms with Gasteiger partial charge in [0.1, 0.15) is 0 Å². The van der Waals surface area contributed by atoms with Crippen LogP contribution in [0.5, 0.6) is 0 Å². The van der Waals surface area contributed by atoms with Gasteiger partial charge in [0.2, 0.25) is 10.0 Å². The number of hydrogen-bond donors (Lipinski definition) is 0. The highest BCUT2D eigenvalue weighted by atomic mass is 32.2. The molecule has 46 heavy (non-hydrogen) atoms. The maximum absolute atomic E-state index is 14.1. The monoisotopic (exact) mass is 641 g/mol. The topological polar surface area (TPSA) is 55.8 Å². The maximum atomic E-state index is 14.1. The molecule has 0 radical (unpaired) electrons. The number of rotatable bonds is 5. The highest BCUT2D eigenvalue weighted by Crippen LogP contribution is 2.65. The van der Waals surface area contributed by atoms with Gasteiger partial charge < -0.3 is 9.47 Å². The van der Waals surface area contributed by atoms with Gasteiger partial charge in [0, 0.05) is 12.5 Å².